The van der Waals surface area contributed by atoms with Crippen LogP contribution in [0, 0.1) is 12.8 Å². The van der Waals surface area contributed by atoms with Crippen LogP contribution in [0.2, 0.25) is 5.02 Å². The fourth-order valence-electron chi connectivity index (χ4n) is 2.98. The van der Waals surface area contributed by atoms with Crippen LogP contribution in [0.25, 0.3) is 0 Å². The minimum atomic E-state index is -0.453. The maximum Gasteiger partial charge on any atom is 0.410 e. The molecule has 0 N–H and O–H groups in total. The molecule has 2 unspecified atom stereocenters. The number of piperidine rings is 1. The Hall–Kier alpha value is -1.29. The predicted molar refractivity (Wildman–Crippen MR) is 88.3 cm³/mol. The molecule has 2 heterocycles. The van der Waals surface area contributed by atoms with Gasteiger partial charge in [-0.1, -0.05) is 18.5 Å². The fraction of sp³-hybridized carbons (Fsp3) is 0.647. The van der Waals surface area contributed by atoms with Crippen LogP contribution in [0.1, 0.15) is 51.3 Å². The summed E-state index contributed by atoms with van der Waals surface area (Å²) in [6.45, 7) is 11.3. The van der Waals surface area contributed by atoms with Gasteiger partial charge in [-0.2, -0.15) is 0 Å². The van der Waals surface area contributed by atoms with Gasteiger partial charge in [0.1, 0.15) is 5.60 Å². The molecule has 22 heavy (non-hydrogen) atoms. The number of hydrogen-bond acceptors (Lipinski definition) is 3. The van der Waals surface area contributed by atoms with Gasteiger partial charge in [-0.3, -0.25) is 4.98 Å². The van der Waals surface area contributed by atoms with Gasteiger partial charge in [0.2, 0.25) is 0 Å². The molecule has 1 saturated heterocycles. The summed E-state index contributed by atoms with van der Waals surface area (Å²) in [7, 11) is 0. The standard InChI is InChI=1S/C17H25ClN2O2/c1-11-8-13(18)9-19-15(11)14-6-7-20(10-12(14)2)16(21)22-17(3,4)5/h8-9,12,14H,6-7,10H2,1-5H3. The van der Waals surface area contributed by atoms with Crippen molar-refractivity contribution in [2.24, 2.45) is 5.92 Å². The van der Waals surface area contributed by atoms with Crippen molar-refractivity contribution >= 4 is 17.7 Å². The molecule has 0 bridgehead atoms. The van der Waals surface area contributed by atoms with Crippen molar-refractivity contribution in [1.29, 1.82) is 0 Å². The zero-order valence-electron chi connectivity index (χ0n) is 14.0. The molecule has 4 nitrogen and oxygen atoms in total. The molecular formula is C17H25ClN2O2. The van der Waals surface area contributed by atoms with E-state index in [-0.39, 0.29) is 6.09 Å². The lowest BCUT2D eigenvalue weighted by atomic mass is 9.83. The summed E-state index contributed by atoms with van der Waals surface area (Å²) >= 11 is 5.99. The quantitative estimate of drug-likeness (QED) is 0.768. The SMILES string of the molecule is Cc1cc(Cl)cnc1C1CCN(C(=O)OC(C)(C)C)CC1C. The lowest BCUT2D eigenvalue weighted by molar-refractivity contribution is 0.0153. The molecule has 0 radical (unpaired) electrons. The summed E-state index contributed by atoms with van der Waals surface area (Å²) in [5, 5.41) is 0.667. The maximum absolute atomic E-state index is 12.2. The third-order valence-electron chi connectivity index (χ3n) is 3.99. The van der Waals surface area contributed by atoms with Gasteiger partial charge >= 0.3 is 6.09 Å². The lowest BCUT2D eigenvalue weighted by Crippen LogP contribution is -2.44. The first kappa shape index (κ1) is 17.1. The van der Waals surface area contributed by atoms with Crippen LogP contribution < -0.4 is 0 Å². The molecule has 1 amide bonds. The second-order valence-corrected chi connectivity index (χ2v) is 7.59. The van der Waals surface area contributed by atoms with Crippen molar-refractivity contribution in [2.75, 3.05) is 13.1 Å². The minimum absolute atomic E-state index is 0.224. The van der Waals surface area contributed by atoms with Crippen molar-refractivity contribution in [1.82, 2.24) is 9.88 Å². The lowest BCUT2D eigenvalue weighted by Gasteiger charge is -2.37. The molecular weight excluding hydrogens is 300 g/mol. The van der Waals surface area contributed by atoms with Crippen molar-refractivity contribution in [3.63, 3.8) is 0 Å². The van der Waals surface area contributed by atoms with Crippen LogP contribution >= 0.6 is 11.6 Å². The van der Waals surface area contributed by atoms with Crippen LogP contribution in [0.3, 0.4) is 0 Å². The molecule has 0 saturated carbocycles. The Morgan fingerprint density at radius 3 is 2.68 bits per heavy atom. The normalized spacial score (nSPS) is 22.5. The van der Waals surface area contributed by atoms with Gasteiger partial charge in [0, 0.05) is 30.9 Å². The molecule has 5 heteroatoms. The monoisotopic (exact) mass is 324 g/mol. The van der Waals surface area contributed by atoms with E-state index in [0.29, 0.717) is 29.9 Å². The fourth-order valence-corrected chi connectivity index (χ4v) is 3.20. The molecule has 122 valence electrons. The predicted octanol–water partition coefficient (Wildman–Crippen LogP) is 4.40. The zero-order valence-corrected chi connectivity index (χ0v) is 14.8. The van der Waals surface area contributed by atoms with Gasteiger partial charge in [0.05, 0.1) is 5.02 Å². The first-order valence-corrected chi connectivity index (χ1v) is 8.15. The molecule has 1 aromatic heterocycles. The molecule has 0 spiro atoms. The van der Waals surface area contributed by atoms with Crippen molar-refractivity contribution < 1.29 is 9.53 Å². The Morgan fingerprint density at radius 2 is 2.14 bits per heavy atom. The van der Waals surface area contributed by atoms with Crippen LogP contribution in [0.15, 0.2) is 12.3 Å². The third kappa shape index (κ3) is 4.13. The molecule has 0 aromatic carbocycles. The average molecular weight is 325 g/mol. The van der Waals surface area contributed by atoms with E-state index in [4.69, 9.17) is 16.3 Å². The molecule has 1 aliphatic heterocycles. The number of likely N-dealkylation sites (tertiary alicyclic amines) is 1. The van der Waals surface area contributed by atoms with Crippen LogP contribution in [-0.4, -0.2) is 34.7 Å². The van der Waals surface area contributed by atoms with Crippen LogP contribution in [0.4, 0.5) is 4.79 Å². The van der Waals surface area contributed by atoms with Gasteiger partial charge in [-0.05, 0) is 51.7 Å². The Balaban J connectivity index is 2.05. The van der Waals surface area contributed by atoms with Gasteiger partial charge in [0.15, 0.2) is 0 Å². The van der Waals surface area contributed by atoms with E-state index >= 15 is 0 Å². The van der Waals surface area contributed by atoms with E-state index in [9.17, 15) is 4.79 Å². The van der Waals surface area contributed by atoms with Crippen molar-refractivity contribution in [2.45, 2.75) is 52.6 Å². The Labute approximate surface area is 137 Å². The molecule has 1 fully saturated rings. The highest BCUT2D eigenvalue weighted by Gasteiger charge is 2.33. The maximum atomic E-state index is 12.2. The van der Waals surface area contributed by atoms with E-state index in [1.165, 1.54) is 0 Å². The van der Waals surface area contributed by atoms with Gasteiger partial charge in [-0.25, -0.2) is 4.79 Å². The number of hydrogen-bond donors (Lipinski definition) is 0. The highest BCUT2D eigenvalue weighted by molar-refractivity contribution is 6.30. The summed E-state index contributed by atoms with van der Waals surface area (Å²) in [6, 6.07) is 1.96. The van der Waals surface area contributed by atoms with Gasteiger partial charge in [-0.15, -0.1) is 0 Å². The second kappa shape index (κ2) is 6.45. The Kier molecular flexibility index (Phi) is 5.00. The van der Waals surface area contributed by atoms with E-state index < -0.39 is 5.60 Å². The molecule has 2 atom stereocenters. The molecule has 1 aliphatic rings. The third-order valence-corrected chi connectivity index (χ3v) is 4.20. The van der Waals surface area contributed by atoms with E-state index in [2.05, 4.69) is 11.9 Å². The minimum Gasteiger partial charge on any atom is -0.444 e. The first-order valence-electron chi connectivity index (χ1n) is 7.77. The van der Waals surface area contributed by atoms with Crippen molar-refractivity contribution in [3.8, 4) is 0 Å². The number of pyridine rings is 1. The Morgan fingerprint density at radius 1 is 1.45 bits per heavy atom. The summed E-state index contributed by atoms with van der Waals surface area (Å²) in [5.41, 5.74) is 1.77. The number of rotatable bonds is 1. The van der Waals surface area contributed by atoms with E-state index in [1.54, 1.807) is 11.1 Å². The number of halogens is 1. The van der Waals surface area contributed by atoms with Crippen LogP contribution in [0.5, 0.6) is 0 Å². The van der Waals surface area contributed by atoms with Gasteiger partial charge < -0.3 is 9.64 Å². The zero-order chi connectivity index (χ0) is 16.5. The van der Waals surface area contributed by atoms with E-state index in [0.717, 1.165) is 17.7 Å². The topological polar surface area (TPSA) is 42.4 Å². The number of carbonyl (C=O) groups is 1. The summed E-state index contributed by atoms with van der Waals surface area (Å²) in [5.74, 6) is 0.699. The number of carbonyl (C=O) groups excluding carboxylic acids is 1. The number of amides is 1. The highest BCUT2D eigenvalue weighted by atomic mass is 35.5. The van der Waals surface area contributed by atoms with Gasteiger partial charge in [0.25, 0.3) is 0 Å². The highest BCUT2D eigenvalue weighted by Crippen LogP contribution is 2.34. The number of nitrogens with zero attached hydrogens (tertiary/aromatic N) is 2. The summed E-state index contributed by atoms with van der Waals surface area (Å²) in [4.78, 5) is 18.5. The molecule has 1 aromatic rings. The smallest absolute Gasteiger partial charge is 0.410 e. The number of aromatic nitrogens is 1. The second-order valence-electron chi connectivity index (χ2n) is 7.15. The number of ether oxygens (including phenoxy) is 1. The molecule has 0 aliphatic carbocycles. The number of aryl methyl sites for hydroxylation is 1. The van der Waals surface area contributed by atoms with Crippen molar-refractivity contribution in [3.05, 3.63) is 28.5 Å². The van der Waals surface area contributed by atoms with Crippen LogP contribution in [-0.2, 0) is 4.74 Å². The largest absolute Gasteiger partial charge is 0.444 e. The average Bonchev–Trinajstić information content (AvgIpc) is 2.37. The van der Waals surface area contributed by atoms with E-state index in [1.807, 2.05) is 33.8 Å². The first-order chi connectivity index (χ1) is 10.2. The summed E-state index contributed by atoms with van der Waals surface area (Å²) < 4.78 is 5.46. The summed E-state index contributed by atoms with van der Waals surface area (Å²) in [6.07, 6.45) is 2.38. The molecule has 2 rings (SSSR count). The Bertz CT molecular complexity index is 554.